The third kappa shape index (κ3) is 5.80. The van der Waals surface area contributed by atoms with Crippen LogP contribution in [0.1, 0.15) is 11.1 Å². The molecule has 4 nitrogen and oxygen atoms in total. The molecule has 6 heteroatoms. The summed E-state index contributed by atoms with van der Waals surface area (Å²) in [5.41, 5.74) is -0.751. The Labute approximate surface area is 159 Å². The first-order valence-electron chi connectivity index (χ1n) is 8.08. The molecule has 0 aromatic heterocycles. The van der Waals surface area contributed by atoms with E-state index in [0.29, 0.717) is 24.2 Å². The highest BCUT2D eigenvalue weighted by atomic mass is 35.5. The van der Waals surface area contributed by atoms with Crippen molar-refractivity contribution in [2.24, 2.45) is 0 Å². The van der Waals surface area contributed by atoms with Gasteiger partial charge in [0.2, 0.25) is 0 Å². The molecule has 2 aromatic carbocycles. The molecule has 26 heavy (non-hydrogen) atoms. The van der Waals surface area contributed by atoms with E-state index in [1.54, 1.807) is 35.2 Å². The minimum atomic E-state index is -1.65. The van der Waals surface area contributed by atoms with E-state index in [-0.39, 0.29) is 32.2 Å². The standard InChI is InChI=1S/C20H22FNO3.ClH/c21-19-9-4-8-18(16-19)20(25,17-6-2-1-3-7-17)10-5-11-22(12-14-23)13-15-24;/h1-4,6-9,16,23-25H,11-15H2;1H/p-1. The number of hydrogen-bond acceptors (Lipinski definition) is 4. The van der Waals surface area contributed by atoms with Gasteiger partial charge in [-0.1, -0.05) is 54.3 Å². The van der Waals surface area contributed by atoms with Gasteiger partial charge in [-0.2, -0.15) is 0 Å². The van der Waals surface area contributed by atoms with Crippen molar-refractivity contribution in [2.45, 2.75) is 5.60 Å². The Bertz CT molecular complexity index is 727. The molecule has 0 spiro atoms. The summed E-state index contributed by atoms with van der Waals surface area (Å²) in [6.07, 6.45) is 0. The smallest absolute Gasteiger partial charge is 0.177 e. The summed E-state index contributed by atoms with van der Waals surface area (Å²) >= 11 is 0. The summed E-state index contributed by atoms with van der Waals surface area (Å²) in [5, 5.41) is 29.3. The Hall–Kier alpha value is -1.94. The highest BCUT2D eigenvalue weighted by Crippen LogP contribution is 2.29. The molecule has 0 aliphatic rings. The van der Waals surface area contributed by atoms with Crippen molar-refractivity contribution in [1.82, 2.24) is 4.90 Å². The van der Waals surface area contributed by atoms with Crippen LogP contribution >= 0.6 is 0 Å². The fourth-order valence-electron chi connectivity index (χ4n) is 2.54. The van der Waals surface area contributed by atoms with Crippen LogP contribution in [0.5, 0.6) is 0 Å². The molecule has 1 unspecified atom stereocenters. The average Bonchev–Trinajstić information content (AvgIpc) is 2.62. The highest BCUT2D eigenvalue weighted by Gasteiger charge is 2.29. The zero-order valence-corrected chi connectivity index (χ0v) is 15.0. The lowest BCUT2D eigenvalue weighted by Gasteiger charge is -2.24. The Morgan fingerprint density at radius 2 is 1.54 bits per heavy atom. The zero-order chi connectivity index (χ0) is 18.1. The lowest BCUT2D eigenvalue weighted by Crippen LogP contribution is -3.00. The van der Waals surface area contributed by atoms with Crippen LogP contribution in [0, 0.1) is 17.7 Å². The van der Waals surface area contributed by atoms with Crippen molar-refractivity contribution < 1.29 is 32.1 Å². The van der Waals surface area contributed by atoms with Crippen molar-refractivity contribution >= 4 is 0 Å². The molecule has 0 aliphatic heterocycles. The SMILES string of the molecule is OCCN(CC#CC(O)(c1ccccc1)c1cccc(F)c1)CCO.[Cl-]. The molecular formula is C20H22ClFNO3-. The lowest BCUT2D eigenvalue weighted by molar-refractivity contribution is -0.0000106. The molecule has 2 aromatic rings. The quantitative estimate of drug-likeness (QED) is 0.506. The minimum Gasteiger partial charge on any atom is -1.00 e. The Morgan fingerprint density at radius 3 is 2.12 bits per heavy atom. The molecule has 0 amide bonds. The van der Waals surface area contributed by atoms with Gasteiger partial charge in [0.15, 0.2) is 5.60 Å². The van der Waals surface area contributed by atoms with Crippen LogP contribution in [0.4, 0.5) is 4.39 Å². The molecule has 0 fully saturated rings. The summed E-state index contributed by atoms with van der Waals surface area (Å²) in [6, 6.07) is 14.6. The van der Waals surface area contributed by atoms with E-state index in [4.69, 9.17) is 10.2 Å². The predicted octanol–water partition coefficient (Wildman–Crippen LogP) is -1.64. The van der Waals surface area contributed by atoms with E-state index < -0.39 is 11.4 Å². The van der Waals surface area contributed by atoms with E-state index in [9.17, 15) is 9.50 Å². The molecule has 140 valence electrons. The van der Waals surface area contributed by atoms with Gasteiger partial charge in [0.1, 0.15) is 5.82 Å². The van der Waals surface area contributed by atoms with Gasteiger partial charge in [-0.05, 0) is 12.1 Å². The van der Waals surface area contributed by atoms with E-state index in [1.165, 1.54) is 18.2 Å². The monoisotopic (exact) mass is 378 g/mol. The van der Waals surface area contributed by atoms with Gasteiger partial charge in [0.05, 0.1) is 19.8 Å². The highest BCUT2D eigenvalue weighted by molar-refractivity contribution is 5.44. The van der Waals surface area contributed by atoms with Crippen LogP contribution in [-0.2, 0) is 5.60 Å². The number of benzene rings is 2. The second-order valence-corrected chi connectivity index (χ2v) is 5.61. The van der Waals surface area contributed by atoms with E-state index >= 15 is 0 Å². The summed E-state index contributed by atoms with van der Waals surface area (Å²) in [6.45, 7) is 0.923. The molecule has 0 saturated heterocycles. The van der Waals surface area contributed by atoms with Gasteiger partial charge in [0, 0.05) is 24.2 Å². The zero-order valence-electron chi connectivity index (χ0n) is 14.3. The molecule has 0 heterocycles. The number of aliphatic hydroxyl groups excluding tert-OH is 2. The average molecular weight is 379 g/mol. The molecule has 0 aliphatic carbocycles. The molecule has 0 saturated carbocycles. The maximum atomic E-state index is 13.6. The van der Waals surface area contributed by atoms with Gasteiger partial charge in [-0.15, -0.1) is 0 Å². The normalized spacial score (nSPS) is 12.7. The first-order valence-corrected chi connectivity index (χ1v) is 8.08. The van der Waals surface area contributed by atoms with Crippen molar-refractivity contribution in [3.63, 3.8) is 0 Å². The largest absolute Gasteiger partial charge is 1.00 e. The van der Waals surface area contributed by atoms with Crippen molar-refractivity contribution in [3.8, 4) is 11.8 Å². The molecule has 2 rings (SSSR count). The third-order valence-corrected chi connectivity index (χ3v) is 3.84. The van der Waals surface area contributed by atoms with Crippen LogP contribution in [0.15, 0.2) is 54.6 Å². The fourth-order valence-corrected chi connectivity index (χ4v) is 2.54. The summed E-state index contributed by atoms with van der Waals surface area (Å²) in [5.74, 6) is 5.28. The first kappa shape index (κ1) is 22.1. The molecule has 1 atom stereocenters. The topological polar surface area (TPSA) is 63.9 Å². The third-order valence-electron chi connectivity index (χ3n) is 3.84. The molecular weight excluding hydrogens is 357 g/mol. The number of nitrogens with zero attached hydrogens (tertiary/aromatic N) is 1. The maximum absolute atomic E-state index is 13.6. The van der Waals surface area contributed by atoms with Crippen LogP contribution < -0.4 is 12.4 Å². The van der Waals surface area contributed by atoms with Crippen LogP contribution in [0.3, 0.4) is 0 Å². The molecule has 0 radical (unpaired) electrons. The van der Waals surface area contributed by atoms with Crippen LogP contribution in [0.2, 0.25) is 0 Å². The van der Waals surface area contributed by atoms with Gasteiger partial charge >= 0.3 is 0 Å². The summed E-state index contributed by atoms with van der Waals surface area (Å²) in [4.78, 5) is 1.77. The van der Waals surface area contributed by atoms with E-state index in [1.807, 2.05) is 6.07 Å². The summed E-state index contributed by atoms with van der Waals surface area (Å²) in [7, 11) is 0. The van der Waals surface area contributed by atoms with Crippen LogP contribution in [0.25, 0.3) is 0 Å². The Kier molecular flexibility index (Phi) is 9.28. The van der Waals surface area contributed by atoms with Gasteiger partial charge in [0.25, 0.3) is 0 Å². The second-order valence-electron chi connectivity index (χ2n) is 5.61. The predicted molar refractivity (Wildman–Crippen MR) is 94.2 cm³/mol. The first-order chi connectivity index (χ1) is 12.1. The second kappa shape index (κ2) is 10.9. The van der Waals surface area contributed by atoms with Crippen molar-refractivity contribution in [2.75, 3.05) is 32.8 Å². The van der Waals surface area contributed by atoms with E-state index in [0.717, 1.165) is 0 Å². The minimum absolute atomic E-state index is 0. The lowest BCUT2D eigenvalue weighted by atomic mass is 9.87. The van der Waals surface area contributed by atoms with Crippen LogP contribution in [-0.4, -0.2) is 53.1 Å². The fraction of sp³-hybridized carbons (Fsp3) is 0.300. The maximum Gasteiger partial charge on any atom is 0.177 e. The Balaban J connectivity index is 0.00000338. The van der Waals surface area contributed by atoms with Gasteiger partial charge < -0.3 is 27.7 Å². The number of rotatable bonds is 7. The number of hydrogen-bond donors (Lipinski definition) is 3. The molecule has 0 bridgehead atoms. The Morgan fingerprint density at radius 1 is 0.923 bits per heavy atom. The van der Waals surface area contributed by atoms with Gasteiger partial charge in [-0.25, -0.2) is 4.39 Å². The van der Waals surface area contributed by atoms with Gasteiger partial charge in [-0.3, -0.25) is 4.90 Å². The number of aliphatic hydroxyl groups is 3. The van der Waals surface area contributed by atoms with Crippen molar-refractivity contribution in [3.05, 3.63) is 71.5 Å². The van der Waals surface area contributed by atoms with E-state index in [2.05, 4.69) is 11.8 Å². The molecule has 3 N–H and O–H groups in total. The van der Waals surface area contributed by atoms with Crippen molar-refractivity contribution in [1.29, 1.82) is 0 Å². The number of halogens is 2. The summed E-state index contributed by atoms with van der Waals surface area (Å²) < 4.78 is 13.6.